The molecule has 0 atom stereocenters. The Bertz CT molecular complexity index is 1090. The lowest BCUT2D eigenvalue weighted by atomic mass is 10.2. The number of benzene rings is 2. The molecule has 8 heteroatoms. The van der Waals surface area contributed by atoms with E-state index >= 15 is 0 Å². The van der Waals surface area contributed by atoms with Gasteiger partial charge >= 0.3 is 6.09 Å². The Morgan fingerprint density at radius 3 is 2.60 bits per heavy atom. The van der Waals surface area contributed by atoms with E-state index in [1.165, 1.54) is 23.0 Å². The van der Waals surface area contributed by atoms with E-state index in [0.717, 1.165) is 5.56 Å². The number of fused-ring (bicyclic) bond motifs is 1. The first-order valence-corrected chi connectivity index (χ1v) is 9.54. The summed E-state index contributed by atoms with van der Waals surface area (Å²) in [5, 5.41) is 3.06. The monoisotopic (exact) mass is 413 g/mol. The fraction of sp³-hybridized carbons (Fsp3) is 0.318. The molecular formula is C22H24FN3O4. The van der Waals surface area contributed by atoms with E-state index in [-0.39, 0.29) is 31.1 Å². The molecule has 1 amide bonds. The van der Waals surface area contributed by atoms with Gasteiger partial charge in [-0.1, -0.05) is 12.1 Å². The minimum absolute atomic E-state index is 0.212. The van der Waals surface area contributed by atoms with Crippen LogP contribution in [0.15, 0.2) is 53.6 Å². The second-order valence-electron chi connectivity index (χ2n) is 7.77. The summed E-state index contributed by atoms with van der Waals surface area (Å²) >= 11 is 0. The van der Waals surface area contributed by atoms with E-state index in [2.05, 4.69) is 10.3 Å². The summed E-state index contributed by atoms with van der Waals surface area (Å²) in [6.45, 7) is 6.12. The normalized spacial score (nSPS) is 11.3. The van der Waals surface area contributed by atoms with Crippen molar-refractivity contribution >= 4 is 17.0 Å². The molecule has 0 bridgehead atoms. The van der Waals surface area contributed by atoms with Gasteiger partial charge in [-0.2, -0.15) is 0 Å². The highest BCUT2D eigenvalue weighted by Gasteiger charge is 2.15. The molecule has 30 heavy (non-hydrogen) atoms. The van der Waals surface area contributed by atoms with Gasteiger partial charge in [-0.05, 0) is 50.6 Å². The SMILES string of the molecule is CC(C)(C)OC(=O)NCCn1cnc2cc(OCc3ccc(F)cc3)ccc2c1=O. The van der Waals surface area contributed by atoms with Crippen LogP contribution in [0.3, 0.4) is 0 Å². The number of hydrogen-bond acceptors (Lipinski definition) is 5. The van der Waals surface area contributed by atoms with E-state index in [4.69, 9.17) is 9.47 Å². The smallest absolute Gasteiger partial charge is 0.407 e. The second-order valence-corrected chi connectivity index (χ2v) is 7.77. The molecule has 0 spiro atoms. The molecule has 7 nitrogen and oxygen atoms in total. The molecule has 0 aliphatic rings. The van der Waals surface area contributed by atoms with Crippen LogP contribution in [0, 0.1) is 5.82 Å². The predicted molar refractivity (Wildman–Crippen MR) is 111 cm³/mol. The van der Waals surface area contributed by atoms with Crippen molar-refractivity contribution in [3.05, 3.63) is 70.5 Å². The highest BCUT2D eigenvalue weighted by atomic mass is 19.1. The lowest BCUT2D eigenvalue weighted by Crippen LogP contribution is -2.35. The minimum Gasteiger partial charge on any atom is -0.489 e. The Morgan fingerprint density at radius 2 is 1.90 bits per heavy atom. The van der Waals surface area contributed by atoms with E-state index in [0.29, 0.717) is 16.7 Å². The van der Waals surface area contributed by atoms with Crippen LogP contribution in [-0.2, 0) is 17.9 Å². The average Bonchev–Trinajstić information content (AvgIpc) is 2.68. The zero-order chi connectivity index (χ0) is 21.7. The van der Waals surface area contributed by atoms with E-state index in [1.807, 2.05) is 0 Å². The van der Waals surface area contributed by atoms with Crippen LogP contribution in [0.4, 0.5) is 9.18 Å². The van der Waals surface area contributed by atoms with Crippen molar-refractivity contribution in [1.29, 1.82) is 0 Å². The number of amides is 1. The van der Waals surface area contributed by atoms with Crippen molar-refractivity contribution in [3.8, 4) is 5.75 Å². The Balaban J connectivity index is 1.63. The fourth-order valence-corrected chi connectivity index (χ4v) is 2.73. The quantitative estimate of drug-likeness (QED) is 0.667. The Labute approximate surface area is 173 Å². The van der Waals surface area contributed by atoms with Crippen LogP contribution in [0.5, 0.6) is 5.75 Å². The standard InChI is InChI=1S/C22H24FN3O4/c1-22(2,3)30-21(28)24-10-11-26-14-25-19-12-17(8-9-18(19)20(26)27)29-13-15-4-6-16(23)7-5-15/h4-9,12,14H,10-11,13H2,1-3H3,(H,24,28). The molecule has 1 aromatic heterocycles. The summed E-state index contributed by atoms with van der Waals surface area (Å²) in [5.74, 6) is 0.259. The molecule has 1 heterocycles. The average molecular weight is 413 g/mol. The van der Waals surface area contributed by atoms with Crippen LogP contribution in [0.2, 0.25) is 0 Å². The van der Waals surface area contributed by atoms with Crippen LogP contribution in [0.1, 0.15) is 26.3 Å². The van der Waals surface area contributed by atoms with Gasteiger partial charge in [0.1, 0.15) is 23.8 Å². The van der Waals surface area contributed by atoms with Crippen molar-refractivity contribution in [2.24, 2.45) is 0 Å². The molecule has 158 valence electrons. The van der Waals surface area contributed by atoms with Crippen LogP contribution in [-0.4, -0.2) is 27.8 Å². The van der Waals surface area contributed by atoms with Crippen molar-refractivity contribution in [2.45, 2.75) is 39.5 Å². The molecule has 0 radical (unpaired) electrons. The predicted octanol–water partition coefficient (Wildman–Crippen LogP) is 3.64. The highest BCUT2D eigenvalue weighted by molar-refractivity contribution is 5.78. The zero-order valence-corrected chi connectivity index (χ0v) is 17.1. The first-order chi connectivity index (χ1) is 14.2. The first kappa shape index (κ1) is 21.3. The summed E-state index contributed by atoms with van der Waals surface area (Å²) < 4.78 is 25.3. The second kappa shape index (κ2) is 8.94. The number of rotatable bonds is 6. The van der Waals surface area contributed by atoms with E-state index < -0.39 is 11.7 Å². The van der Waals surface area contributed by atoms with Gasteiger partial charge < -0.3 is 14.8 Å². The third-order valence-corrected chi connectivity index (χ3v) is 4.14. The lowest BCUT2D eigenvalue weighted by Gasteiger charge is -2.19. The third-order valence-electron chi connectivity index (χ3n) is 4.14. The maximum Gasteiger partial charge on any atom is 0.407 e. The number of hydrogen-bond donors (Lipinski definition) is 1. The number of nitrogens with one attached hydrogen (secondary N) is 1. The third kappa shape index (κ3) is 5.79. The molecule has 0 saturated heterocycles. The van der Waals surface area contributed by atoms with Crippen LogP contribution < -0.4 is 15.6 Å². The summed E-state index contributed by atoms with van der Waals surface area (Å²) in [7, 11) is 0. The molecule has 0 fully saturated rings. The first-order valence-electron chi connectivity index (χ1n) is 9.54. The van der Waals surface area contributed by atoms with E-state index in [9.17, 15) is 14.0 Å². The number of halogens is 1. The van der Waals surface area contributed by atoms with Crippen LogP contribution in [0.25, 0.3) is 10.9 Å². The zero-order valence-electron chi connectivity index (χ0n) is 17.1. The van der Waals surface area contributed by atoms with Crippen molar-refractivity contribution in [3.63, 3.8) is 0 Å². The van der Waals surface area contributed by atoms with Gasteiger partial charge in [0.25, 0.3) is 5.56 Å². The maximum absolute atomic E-state index is 13.0. The molecule has 0 saturated carbocycles. The summed E-state index contributed by atoms with van der Waals surface area (Å²) in [6, 6.07) is 11.1. The minimum atomic E-state index is -0.581. The molecule has 0 aliphatic heterocycles. The summed E-state index contributed by atoms with van der Waals surface area (Å²) in [6.07, 6.45) is 0.901. The van der Waals surface area contributed by atoms with Gasteiger partial charge in [0.15, 0.2) is 0 Å². The Morgan fingerprint density at radius 1 is 1.17 bits per heavy atom. The highest BCUT2D eigenvalue weighted by Crippen LogP contribution is 2.18. The van der Waals surface area contributed by atoms with Crippen molar-refractivity contribution in [2.75, 3.05) is 6.54 Å². The molecule has 3 aromatic rings. The molecular weight excluding hydrogens is 389 g/mol. The van der Waals surface area contributed by atoms with Gasteiger partial charge in [-0.15, -0.1) is 0 Å². The fourth-order valence-electron chi connectivity index (χ4n) is 2.73. The molecule has 3 rings (SSSR count). The number of alkyl carbamates (subject to hydrolysis) is 1. The molecule has 0 unspecified atom stereocenters. The van der Waals surface area contributed by atoms with Crippen LogP contribution >= 0.6 is 0 Å². The summed E-state index contributed by atoms with van der Waals surface area (Å²) in [4.78, 5) is 28.7. The van der Waals surface area contributed by atoms with Gasteiger partial charge in [0.2, 0.25) is 0 Å². The molecule has 0 aliphatic carbocycles. The number of nitrogens with zero attached hydrogens (tertiary/aromatic N) is 2. The van der Waals surface area contributed by atoms with Gasteiger partial charge in [-0.25, -0.2) is 14.2 Å². The summed E-state index contributed by atoms with van der Waals surface area (Å²) in [5.41, 5.74) is 0.545. The number of carbonyl (C=O) groups excluding carboxylic acids is 1. The topological polar surface area (TPSA) is 82.4 Å². The maximum atomic E-state index is 13.0. The van der Waals surface area contributed by atoms with Gasteiger partial charge in [0.05, 0.1) is 17.2 Å². The van der Waals surface area contributed by atoms with E-state index in [1.54, 1.807) is 51.1 Å². The Hall–Kier alpha value is -3.42. The lowest BCUT2D eigenvalue weighted by molar-refractivity contribution is 0.0526. The van der Waals surface area contributed by atoms with Gasteiger partial charge in [-0.3, -0.25) is 9.36 Å². The number of ether oxygens (including phenoxy) is 2. The molecule has 1 N–H and O–H groups in total. The number of aromatic nitrogens is 2. The van der Waals surface area contributed by atoms with Crippen molar-refractivity contribution < 1.29 is 18.7 Å². The molecule has 2 aromatic carbocycles. The number of carbonyl (C=O) groups is 1. The Kier molecular flexibility index (Phi) is 6.34. The van der Waals surface area contributed by atoms with Gasteiger partial charge in [0, 0.05) is 19.2 Å². The van der Waals surface area contributed by atoms with Crippen molar-refractivity contribution in [1.82, 2.24) is 14.9 Å². The largest absolute Gasteiger partial charge is 0.489 e.